The monoisotopic (exact) mass is 377 g/mol. The quantitative estimate of drug-likeness (QED) is 0.676. The molecule has 2 aromatic carbocycles. The molecule has 1 N–H and O–H groups in total. The van der Waals surface area contributed by atoms with Gasteiger partial charge in [0.05, 0.1) is 5.25 Å². The van der Waals surface area contributed by atoms with Gasteiger partial charge in [-0.3, -0.25) is 4.79 Å². The van der Waals surface area contributed by atoms with E-state index in [1.165, 1.54) is 5.56 Å². The third-order valence-corrected chi connectivity index (χ3v) is 5.01. The van der Waals surface area contributed by atoms with Crippen LogP contribution in [0.1, 0.15) is 18.9 Å². The summed E-state index contributed by atoms with van der Waals surface area (Å²) in [6, 6.07) is 18.1. The molecule has 0 aliphatic carbocycles. The molecule has 4 heteroatoms. The van der Waals surface area contributed by atoms with Crippen molar-refractivity contribution in [3.05, 3.63) is 64.6 Å². The number of carbonyl (C=O) groups excluding carboxylic acids is 1. The van der Waals surface area contributed by atoms with Gasteiger partial charge in [0.15, 0.2) is 0 Å². The summed E-state index contributed by atoms with van der Waals surface area (Å²) in [7, 11) is 0. The Balaban J connectivity index is 1.70. The first-order valence-electron chi connectivity index (χ1n) is 7.37. The lowest BCUT2D eigenvalue weighted by Crippen LogP contribution is -2.22. The summed E-state index contributed by atoms with van der Waals surface area (Å²) in [5, 5.41) is 2.90. The lowest BCUT2D eigenvalue weighted by atomic mass is 10.1. The maximum atomic E-state index is 12.1. The van der Waals surface area contributed by atoms with Crippen LogP contribution in [-0.2, 0) is 11.2 Å². The van der Waals surface area contributed by atoms with E-state index in [0.29, 0.717) is 0 Å². The van der Waals surface area contributed by atoms with Gasteiger partial charge in [-0.25, -0.2) is 0 Å². The zero-order valence-electron chi connectivity index (χ0n) is 12.6. The van der Waals surface area contributed by atoms with E-state index in [4.69, 9.17) is 0 Å². The summed E-state index contributed by atoms with van der Waals surface area (Å²) >= 11 is 5.11. The Morgan fingerprint density at radius 2 is 1.95 bits per heavy atom. The number of aryl methyl sites for hydroxylation is 1. The number of thioether (sulfide) groups is 1. The van der Waals surface area contributed by atoms with Gasteiger partial charge < -0.3 is 5.32 Å². The molecular weight excluding hydrogens is 358 g/mol. The van der Waals surface area contributed by atoms with E-state index in [0.717, 1.165) is 28.8 Å². The Morgan fingerprint density at radius 1 is 1.18 bits per heavy atom. The third kappa shape index (κ3) is 5.85. The minimum Gasteiger partial charge on any atom is -0.325 e. The molecule has 0 aromatic heterocycles. The van der Waals surface area contributed by atoms with Crippen LogP contribution >= 0.6 is 27.7 Å². The molecule has 0 aliphatic rings. The van der Waals surface area contributed by atoms with Crippen LogP contribution in [0.15, 0.2) is 59.1 Å². The van der Waals surface area contributed by atoms with Crippen LogP contribution in [0, 0.1) is 0 Å². The Labute approximate surface area is 144 Å². The van der Waals surface area contributed by atoms with E-state index in [9.17, 15) is 4.79 Å². The van der Waals surface area contributed by atoms with Gasteiger partial charge in [-0.2, -0.15) is 0 Å². The number of rotatable bonds is 7. The molecule has 0 spiro atoms. The second-order valence-corrected chi connectivity index (χ2v) is 7.47. The number of hydrogen-bond acceptors (Lipinski definition) is 2. The summed E-state index contributed by atoms with van der Waals surface area (Å²) in [6.45, 7) is 1.96. The Kier molecular flexibility index (Phi) is 7.00. The normalized spacial score (nSPS) is 11.9. The number of nitrogens with one attached hydrogen (secondary N) is 1. The predicted octanol–water partition coefficient (Wildman–Crippen LogP) is 5.14. The van der Waals surface area contributed by atoms with Crippen LogP contribution in [0.5, 0.6) is 0 Å². The molecule has 0 bridgehead atoms. The van der Waals surface area contributed by atoms with Crippen molar-refractivity contribution in [1.82, 2.24) is 0 Å². The number of anilines is 1. The van der Waals surface area contributed by atoms with Gasteiger partial charge in [-0.05, 0) is 49.3 Å². The Bertz CT molecular complexity index is 603. The van der Waals surface area contributed by atoms with Gasteiger partial charge in [0.25, 0.3) is 0 Å². The predicted molar refractivity (Wildman–Crippen MR) is 99.5 cm³/mol. The van der Waals surface area contributed by atoms with E-state index in [1.54, 1.807) is 11.8 Å². The minimum absolute atomic E-state index is 0.0465. The molecule has 0 aliphatic heterocycles. The number of benzene rings is 2. The average Bonchev–Trinajstić information content (AvgIpc) is 2.52. The number of carbonyl (C=O) groups is 1. The number of hydrogen-bond donors (Lipinski definition) is 1. The molecule has 2 rings (SSSR count). The zero-order chi connectivity index (χ0) is 15.8. The average molecular weight is 378 g/mol. The highest BCUT2D eigenvalue weighted by Gasteiger charge is 2.13. The molecule has 1 atom stereocenters. The van der Waals surface area contributed by atoms with Crippen molar-refractivity contribution in [1.29, 1.82) is 0 Å². The van der Waals surface area contributed by atoms with E-state index in [2.05, 4.69) is 45.5 Å². The summed E-state index contributed by atoms with van der Waals surface area (Å²) < 4.78 is 0.966. The fourth-order valence-corrected chi connectivity index (χ4v) is 3.34. The smallest absolute Gasteiger partial charge is 0.237 e. The number of halogens is 1. The van der Waals surface area contributed by atoms with E-state index >= 15 is 0 Å². The van der Waals surface area contributed by atoms with Gasteiger partial charge in [0.2, 0.25) is 5.91 Å². The fourth-order valence-electron chi connectivity index (χ4n) is 2.07. The SMILES string of the molecule is C[C@@H](SCCCc1ccccc1)C(=O)Nc1cccc(Br)c1. The molecule has 116 valence electrons. The van der Waals surface area contributed by atoms with Crippen LogP contribution in [0.2, 0.25) is 0 Å². The molecule has 1 amide bonds. The van der Waals surface area contributed by atoms with Crippen LogP contribution in [0.3, 0.4) is 0 Å². The molecule has 2 nitrogen and oxygen atoms in total. The van der Waals surface area contributed by atoms with Gasteiger partial charge in [-0.15, -0.1) is 11.8 Å². The van der Waals surface area contributed by atoms with Crippen molar-refractivity contribution < 1.29 is 4.79 Å². The summed E-state index contributed by atoms with van der Waals surface area (Å²) in [6.07, 6.45) is 2.15. The highest BCUT2D eigenvalue weighted by atomic mass is 79.9. The van der Waals surface area contributed by atoms with E-state index in [1.807, 2.05) is 37.3 Å². The first-order valence-corrected chi connectivity index (χ1v) is 9.21. The first-order chi connectivity index (χ1) is 10.6. The molecule has 0 fully saturated rings. The van der Waals surface area contributed by atoms with Crippen molar-refractivity contribution in [3.8, 4) is 0 Å². The van der Waals surface area contributed by atoms with Crippen molar-refractivity contribution in [2.75, 3.05) is 11.1 Å². The molecule has 0 saturated carbocycles. The van der Waals surface area contributed by atoms with Gasteiger partial charge >= 0.3 is 0 Å². The Morgan fingerprint density at radius 3 is 2.68 bits per heavy atom. The maximum Gasteiger partial charge on any atom is 0.237 e. The molecular formula is C18H20BrNOS. The van der Waals surface area contributed by atoms with E-state index < -0.39 is 0 Å². The second-order valence-electron chi connectivity index (χ2n) is 5.10. The standard InChI is InChI=1S/C18H20BrNOS/c1-14(18(21)20-17-11-5-10-16(19)13-17)22-12-6-9-15-7-3-2-4-8-15/h2-5,7-8,10-11,13-14H,6,9,12H2,1H3,(H,20,21)/t14-/m1/s1. The highest BCUT2D eigenvalue weighted by molar-refractivity contribution is 9.10. The molecule has 2 aromatic rings. The maximum absolute atomic E-state index is 12.1. The van der Waals surface area contributed by atoms with Crippen molar-refractivity contribution in [3.63, 3.8) is 0 Å². The molecule has 0 heterocycles. The van der Waals surface area contributed by atoms with Crippen molar-refractivity contribution >= 4 is 39.3 Å². The van der Waals surface area contributed by atoms with Crippen LogP contribution in [0.4, 0.5) is 5.69 Å². The van der Waals surface area contributed by atoms with Crippen molar-refractivity contribution in [2.24, 2.45) is 0 Å². The van der Waals surface area contributed by atoms with Crippen LogP contribution < -0.4 is 5.32 Å². The zero-order valence-corrected chi connectivity index (χ0v) is 15.0. The molecule has 0 unspecified atom stereocenters. The van der Waals surface area contributed by atoms with E-state index in [-0.39, 0.29) is 11.2 Å². The Hall–Kier alpha value is -1.26. The van der Waals surface area contributed by atoms with Gasteiger partial charge in [-0.1, -0.05) is 52.3 Å². The molecule has 0 saturated heterocycles. The van der Waals surface area contributed by atoms with Gasteiger partial charge in [0, 0.05) is 10.2 Å². The lowest BCUT2D eigenvalue weighted by molar-refractivity contribution is -0.115. The summed E-state index contributed by atoms with van der Waals surface area (Å²) in [5.74, 6) is 1.05. The lowest BCUT2D eigenvalue weighted by Gasteiger charge is -2.12. The summed E-state index contributed by atoms with van der Waals surface area (Å²) in [4.78, 5) is 12.1. The van der Waals surface area contributed by atoms with Crippen LogP contribution in [-0.4, -0.2) is 16.9 Å². The van der Waals surface area contributed by atoms with Gasteiger partial charge in [0.1, 0.15) is 0 Å². The summed E-state index contributed by atoms with van der Waals surface area (Å²) in [5.41, 5.74) is 2.19. The molecule has 22 heavy (non-hydrogen) atoms. The fraction of sp³-hybridized carbons (Fsp3) is 0.278. The third-order valence-electron chi connectivity index (χ3n) is 3.28. The second kappa shape index (κ2) is 9.01. The topological polar surface area (TPSA) is 29.1 Å². The number of amides is 1. The van der Waals surface area contributed by atoms with Crippen LogP contribution in [0.25, 0.3) is 0 Å². The molecule has 0 radical (unpaired) electrons. The van der Waals surface area contributed by atoms with Crippen molar-refractivity contribution in [2.45, 2.75) is 25.0 Å². The minimum atomic E-state index is -0.0465. The highest BCUT2D eigenvalue weighted by Crippen LogP contribution is 2.19. The largest absolute Gasteiger partial charge is 0.325 e. The first kappa shape index (κ1) is 17.1.